The van der Waals surface area contributed by atoms with Crippen LogP contribution in [0.2, 0.25) is 0 Å². The van der Waals surface area contributed by atoms with Crippen LogP contribution in [0.25, 0.3) is 6.08 Å². The van der Waals surface area contributed by atoms with E-state index in [1.165, 1.54) is 22.4 Å². The molecular weight excluding hydrogens is 394 g/mol. The van der Waals surface area contributed by atoms with Crippen LogP contribution in [0.1, 0.15) is 52.5 Å². The molecule has 0 saturated carbocycles. The highest BCUT2D eigenvalue weighted by Crippen LogP contribution is 2.49. The van der Waals surface area contributed by atoms with Crippen molar-refractivity contribution in [3.63, 3.8) is 0 Å². The van der Waals surface area contributed by atoms with Crippen LogP contribution in [0.15, 0.2) is 70.4 Å². The van der Waals surface area contributed by atoms with Gasteiger partial charge in [0.15, 0.2) is 11.9 Å². The lowest BCUT2D eigenvalue weighted by Crippen LogP contribution is -2.42. The number of fused-ring (bicyclic) bond motifs is 3. The molecule has 0 N–H and O–H groups in total. The van der Waals surface area contributed by atoms with Crippen LogP contribution in [0.4, 0.5) is 5.69 Å². The largest absolute Gasteiger partial charge is 0.417 e. The number of nitrogens with zero attached hydrogens (tertiary/aromatic N) is 3. The van der Waals surface area contributed by atoms with Gasteiger partial charge in [-0.1, -0.05) is 29.9 Å². The minimum absolute atomic E-state index is 0.0408. The van der Waals surface area contributed by atoms with Crippen molar-refractivity contribution in [2.24, 2.45) is 10.9 Å². The van der Waals surface area contributed by atoms with E-state index in [0.717, 1.165) is 38.0 Å². The molecule has 1 amide bonds. The van der Waals surface area contributed by atoms with Crippen molar-refractivity contribution in [3.8, 4) is 0 Å². The molecule has 2 atom stereocenters. The fourth-order valence-corrected chi connectivity index (χ4v) is 5.47. The lowest BCUT2D eigenvalue weighted by Gasteiger charge is -2.42. The molecule has 1 aliphatic heterocycles. The first-order chi connectivity index (χ1) is 15.5. The SMILES string of the molecule is CC=[N+]1C(=O)C=CC2=C1C[C@H]1C=C(C)C[C@]2(N=CC=Cc2ccc(N(CC)CC)cc2)C1. The number of allylic oxidation sites excluding steroid dienone is 3. The lowest BCUT2D eigenvalue weighted by molar-refractivity contribution is -0.397. The van der Waals surface area contributed by atoms with Crippen LogP contribution in [-0.2, 0) is 4.79 Å². The zero-order chi connectivity index (χ0) is 22.7. The van der Waals surface area contributed by atoms with Crippen molar-refractivity contribution >= 4 is 30.1 Å². The molecule has 32 heavy (non-hydrogen) atoms. The van der Waals surface area contributed by atoms with Gasteiger partial charge in [-0.2, -0.15) is 0 Å². The second-order valence-corrected chi connectivity index (χ2v) is 8.95. The topological polar surface area (TPSA) is 35.7 Å². The molecule has 1 aromatic rings. The van der Waals surface area contributed by atoms with Crippen molar-refractivity contribution in [3.05, 3.63) is 71.0 Å². The molecule has 1 aromatic carbocycles. The number of carbonyl (C=O) groups excluding carboxylic acids is 1. The average molecular weight is 429 g/mol. The van der Waals surface area contributed by atoms with E-state index in [1.54, 1.807) is 6.08 Å². The van der Waals surface area contributed by atoms with E-state index in [0.29, 0.717) is 5.92 Å². The highest BCUT2D eigenvalue weighted by molar-refractivity contribution is 5.86. The fraction of sp³-hybridized carbons (Fsp3) is 0.393. The Morgan fingerprint density at radius 1 is 1.19 bits per heavy atom. The molecule has 0 radical (unpaired) electrons. The van der Waals surface area contributed by atoms with E-state index >= 15 is 0 Å². The lowest BCUT2D eigenvalue weighted by atomic mass is 9.66. The van der Waals surface area contributed by atoms with Gasteiger partial charge in [-0.15, -0.1) is 4.58 Å². The smallest absolute Gasteiger partial charge is 0.372 e. The monoisotopic (exact) mass is 428 g/mol. The van der Waals surface area contributed by atoms with Gasteiger partial charge in [-0.05, 0) is 69.4 Å². The van der Waals surface area contributed by atoms with Crippen molar-refractivity contribution in [1.29, 1.82) is 0 Å². The third kappa shape index (κ3) is 4.19. The summed E-state index contributed by atoms with van der Waals surface area (Å²) in [6, 6.07) is 8.68. The number of hydrogen-bond acceptors (Lipinski definition) is 3. The number of anilines is 1. The zero-order valence-electron chi connectivity index (χ0n) is 19.7. The number of hydrogen-bond donors (Lipinski definition) is 0. The van der Waals surface area contributed by atoms with Gasteiger partial charge in [0.2, 0.25) is 0 Å². The van der Waals surface area contributed by atoms with Gasteiger partial charge in [0.25, 0.3) is 0 Å². The van der Waals surface area contributed by atoms with Gasteiger partial charge in [-0.3, -0.25) is 4.99 Å². The Morgan fingerprint density at radius 2 is 1.94 bits per heavy atom. The number of aliphatic imine (C=N–C) groups is 1. The summed E-state index contributed by atoms with van der Waals surface area (Å²) in [5, 5.41) is 0. The van der Waals surface area contributed by atoms with Gasteiger partial charge in [0.05, 0.1) is 11.6 Å². The van der Waals surface area contributed by atoms with Gasteiger partial charge in [0.1, 0.15) is 0 Å². The van der Waals surface area contributed by atoms with Crippen molar-refractivity contribution in [2.75, 3.05) is 18.0 Å². The Morgan fingerprint density at radius 3 is 2.62 bits per heavy atom. The van der Waals surface area contributed by atoms with E-state index in [1.807, 2.05) is 36.1 Å². The molecule has 166 valence electrons. The normalized spacial score (nSPS) is 26.2. The van der Waals surface area contributed by atoms with E-state index < -0.39 is 0 Å². The molecule has 4 heteroatoms. The summed E-state index contributed by atoms with van der Waals surface area (Å²) in [5.41, 5.74) is 5.85. The molecule has 3 aliphatic rings. The number of amides is 1. The van der Waals surface area contributed by atoms with Crippen molar-refractivity contribution in [2.45, 2.75) is 52.5 Å². The van der Waals surface area contributed by atoms with E-state index in [9.17, 15) is 4.79 Å². The second-order valence-electron chi connectivity index (χ2n) is 8.95. The third-order valence-corrected chi connectivity index (χ3v) is 6.86. The maximum atomic E-state index is 12.4. The quantitative estimate of drug-likeness (QED) is 0.337. The summed E-state index contributed by atoms with van der Waals surface area (Å²) in [5.74, 6) is 0.470. The standard InChI is InChI=1S/C28H34N3O/c1-5-30(6-2)24-12-10-22(11-13-24)9-8-16-29-28-19-21(4)17-23(20-28)18-26-25(28)14-15-27(32)31(26)7-3/h7-17,23H,5-6,18-20H2,1-4H3/q+1/t23-,28+/m1/s1. The predicted octanol–water partition coefficient (Wildman–Crippen LogP) is 5.57. The van der Waals surface area contributed by atoms with E-state index in [2.05, 4.69) is 62.1 Å². The molecule has 1 heterocycles. The van der Waals surface area contributed by atoms with Crippen LogP contribution in [0.3, 0.4) is 0 Å². The minimum Gasteiger partial charge on any atom is -0.372 e. The molecule has 0 spiro atoms. The number of rotatable bonds is 6. The van der Waals surface area contributed by atoms with E-state index in [-0.39, 0.29) is 11.4 Å². The Labute approximate surface area is 192 Å². The molecule has 2 bridgehead atoms. The number of carbonyl (C=O) groups is 1. The second kappa shape index (κ2) is 9.23. The van der Waals surface area contributed by atoms with Gasteiger partial charge >= 0.3 is 5.91 Å². The van der Waals surface area contributed by atoms with Crippen LogP contribution in [0, 0.1) is 5.92 Å². The van der Waals surface area contributed by atoms with Gasteiger partial charge in [0, 0.05) is 43.9 Å². The molecule has 0 fully saturated rings. The summed E-state index contributed by atoms with van der Waals surface area (Å²) in [4.78, 5) is 19.9. The summed E-state index contributed by atoms with van der Waals surface area (Å²) >= 11 is 0. The van der Waals surface area contributed by atoms with Crippen LogP contribution in [0.5, 0.6) is 0 Å². The average Bonchev–Trinajstić information content (AvgIpc) is 2.78. The third-order valence-electron chi connectivity index (χ3n) is 6.86. The molecule has 2 aliphatic carbocycles. The highest BCUT2D eigenvalue weighted by atomic mass is 16.2. The summed E-state index contributed by atoms with van der Waals surface area (Å²) in [6.45, 7) is 10.5. The van der Waals surface area contributed by atoms with Crippen LogP contribution in [-0.4, -0.2) is 41.5 Å². The molecule has 4 rings (SSSR count). The Bertz CT molecular complexity index is 1060. The van der Waals surface area contributed by atoms with Gasteiger partial charge in [-0.25, -0.2) is 4.79 Å². The van der Waals surface area contributed by atoms with E-state index in [4.69, 9.17) is 4.99 Å². The fourth-order valence-electron chi connectivity index (χ4n) is 5.47. The van der Waals surface area contributed by atoms with Crippen molar-refractivity contribution in [1.82, 2.24) is 0 Å². The van der Waals surface area contributed by atoms with Crippen LogP contribution < -0.4 is 4.90 Å². The summed E-state index contributed by atoms with van der Waals surface area (Å²) < 4.78 is 1.81. The Kier molecular flexibility index (Phi) is 6.40. The number of benzene rings is 1. The maximum absolute atomic E-state index is 12.4. The van der Waals surface area contributed by atoms with Gasteiger partial charge < -0.3 is 4.90 Å². The molecule has 0 unspecified atom stereocenters. The minimum atomic E-state index is -0.285. The Hall–Kier alpha value is -3.01. The first kappa shape index (κ1) is 22.2. The molecule has 4 nitrogen and oxygen atoms in total. The summed E-state index contributed by atoms with van der Waals surface area (Å²) in [7, 11) is 0. The first-order valence-corrected chi connectivity index (χ1v) is 11.8. The van der Waals surface area contributed by atoms with Crippen LogP contribution >= 0.6 is 0 Å². The Balaban J connectivity index is 1.59. The molecular formula is C28H34N3O+. The zero-order valence-corrected chi connectivity index (χ0v) is 19.7. The highest BCUT2D eigenvalue weighted by Gasteiger charge is 2.48. The predicted molar refractivity (Wildman–Crippen MR) is 135 cm³/mol. The molecule has 0 saturated heterocycles. The van der Waals surface area contributed by atoms with Crippen molar-refractivity contribution < 1.29 is 9.37 Å². The maximum Gasteiger partial charge on any atom is 0.417 e. The molecule has 0 aromatic heterocycles. The first-order valence-electron chi connectivity index (χ1n) is 11.8. The summed E-state index contributed by atoms with van der Waals surface area (Å²) in [6.07, 6.45) is 16.9.